The van der Waals surface area contributed by atoms with Crippen LogP contribution in [-0.2, 0) is 24.3 Å². The normalized spacial score (nSPS) is 21.4. The van der Waals surface area contributed by atoms with E-state index in [2.05, 4.69) is 9.71 Å². The van der Waals surface area contributed by atoms with Gasteiger partial charge in [-0.05, 0) is 44.2 Å². The molecule has 2 aliphatic heterocycles. The standard InChI is InChI=1S/C20H27N3O5S/c1-13(2)17(20(25)28-14(3)19(24)23-11-7-4-8-12-23)21-18-15-9-5-6-10-16(15)29(26,27)22-18/h5-6,9-10,13-14,17H,4,7-8,11-12H2,1-3H3,(H,21,22)/t14-,17+/m0/s1. The van der Waals surface area contributed by atoms with Gasteiger partial charge in [-0.15, -0.1) is 0 Å². The van der Waals surface area contributed by atoms with Gasteiger partial charge in [-0.25, -0.2) is 13.2 Å². The molecule has 1 aromatic carbocycles. The summed E-state index contributed by atoms with van der Waals surface area (Å²) < 4.78 is 32.4. The van der Waals surface area contributed by atoms with Crippen molar-refractivity contribution in [3.05, 3.63) is 29.8 Å². The Balaban J connectivity index is 1.77. The van der Waals surface area contributed by atoms with Crippen molar-refractivity contribution in [2.75, 3.05) is 13.1 Å². The van der Waals surface area contributed by atoms with Crippen LogP contribution in [0.4, 0.5) is 0 Å². The van der Waals surface area contributed by atoms with E-state index in [0.717, 1.165) is 19.3 Å². The number of benzene rings is 1. The summed E-state index contributed by atoms with van der Waals surface area (Å²) in [5.74, 6) is -0.982. The van der Waals surface area contributed by atoms with Gasteiger partial charge in [0.05, 0.1) is 4.90 Å². The summed E-state index contributed by atoms with van der Waals surface area (Å²) in [6, 6.07) is 5.52. The van der Waals surface area contributed by atoms with Crippen molar-refractivity contribution in [1.82, 2.24) is 9.62 Å². The maximum absolute atomic E-state index is 12.8. The average molecular weight is 422 g/mol. The zero-order valence-electron chi connectivity index (χ0n) is 16.9. The van der Waals surface area contributed by atoms with Crippen LogP contribution in [0.5, 0.6) is 0 Å². The Bertz CT molecular complexity index is 920. The van der Waals surface area contributed by atoms with Crippen molar-refractivity contribution in [3.63, 3.8) is 0 Å². The first-order valence-electron chi connectivity index (χ1n) is 9.90. The van der Waals surface area contributed by atoms with E-state index in [1.165, 1.54) is 6.07 Å². The van der Waals surface area contributed by atoms with Crippen molar-refractivity contribution in [3.8, 4) is 0 Å². The number of rotatable bonds is 5. The zero-order chi connectivity index (χ0) is 21.2. The SMILES string of the molecule is CC(C)[C@@H](N=C1NS(=O)(=O)c2ccccc21)C(=O)O[C@@H](C)C(=O)N1CCCCC1. The van der Waals surface area contributed by atoms with E-state index in [4.69, 9.17) is 4.74 Å². The monoisotopic (exact) mass is 421 g/mol. The Labute approximate surface area is 171 Å². The highest BCUT2D eigenvalue weighted by atomic mass is 32.2. The fourth-order valence-electron chi connectivity index (χ4n) is 3.51. The van der Waals surface area contributed by atoms with E-state index in [0.29, 0.717) is 18.7 Å². The summed E-state index contributed by atoms with van der Waals surface area (Å²) in [5, 5.41) is 0. The molecular weight excluding hydrogens is 394 g/mol. The highest BCUT2D eigenvalue weighted by Crippen LogP contribution is 2.24. The largest absolute Gasteiger partial charge is 0.451 e. The summed E-state index contributed by atoms with van der Waals surface area (Å²) in [7, 11) is -3.70. The lowest BCUT2D eigenvalue weighted by molar-refractivity contribution is -0.161. The van der Waals surface area contributed by atoms with Gasteiger partial charge in [-0.3, -0.25) is 14.5 Å². The van der Waals surface area contributed by atoms with Crippen LogP contribution in [0.3, 0.4) is 0 Å². The van der Waals surface area contributed by atoms with E-state index in [1.807, 2.05) is 0 Å². The topological polar surface area (TPSA) is 105 Å². The number of carbonyl (C=O) groups excluding carboxylic acids is 2. The fraction of sp³-hybridized carbons (Fsp3) is 0.550. The van der Waals surface area contributed by atoms with Crippen LogP contribution in [0.1, 0.15) is 45.6 Å². The number of ether oxygens (including phenoxy) is 1. The van der Waals surface area contributed by atoms with Gasteiger partial charge in [0.15, 0.2) is 12.1 Å². The second kappa shape index (κ2) is 8.52. The van der Waals surface area contributed by atoms with Crippen molar-refractivity contribution in [2.24, 2.45) is 10.9 Å². The molecule has 2 atom stereocenters. The molecule has 2 aliphatic rings. The molecule has 9 heteroatoms. The molecule has 29 heavy (non-hydrogen) atoms. The first-order valence-corrected chi connectivity index (χ1v) is 11.4. The minimum atomic E-state index is -3.70. The van der Waals surface area contributed by atoms with Crippen LogP contribution < -0.4 is 4.72 Å². The summed E-state index contributed by atoms with van der Waals surface area (Å²) in [5.41, 5.74) is 0.420. The molecule has 1 saturated heterocycles. The third-order valence-electron chi connectivity index (χ3n) is 5.11. The Morgan fingerprint density at radius 1 is 1.10 bits per heavy atom. The van der Waals surface area contributed by atoms with Gasteiger partial charge >= 0.3 is 5.97 Å². The number of sulfonamides is 1. The van der Waals surface area contributed by atoms with Gasteiger partial charge in [0.2, 0.25) is 0 Å². The first-order chi connectivity index (χ1) is 13.7. The lowest BCUT2D eigenvalue weighted by atomic mass is 10.0. The number of nitrogens with one attached hydrogen (secondary N) is 1. The minimum absolute atomic E-state index is 0.117. The van der Waals surface area contributed by atoms with Gasteiger partial charge in [0, 0.05) is 18.7 Å². The Kier molecular flexibility index (Phi) is 6.26. The molecule has 0 spiro atoms. The summed E-state index contributed by atoms with van der Waals surface area (Å²) >= 11 is 0. The summed E-state index contributed by atoms with van der Waals surface area (Å²) in [4.78, 5) is 31.5. The maximum Gasteiger partial charge on any atom is 0.331 e. The van der Waals surface area contributed by atoms with E-state index in [1.54, 1.807) is 43.9 Å². The third-order valence-corrected chi connectivity index (χ3v) is 6.51. The van der Waals surface area contributed by atoms with Gasteiger partial charge in [-0.1, -0.05) is 26.0 Å². The molecule has 1 amide bonds. The molecular formula is C20H27N3O5S. The van der Waals surface area contributed by atoms with E-state index in [-0.39, 0.29) is 22.6 Å². The second-order valence-corrected chi connectivity index (χ2v) is 9.38. The molecule has 1 aromatic rings. The quantitative estimate of drug-likeness (QED) is 0.729. The number of amides is 1. The smallest absolute Gasteiger partial charge is 0.331 e. The van der Waals surface area contributed by atoms with E-state index < -0.39 is 28.1 Å². The van der Waals surface area contributed by atoms with Gasteiger partial charge in [0.1, 0.15) is 5.84 Å². The minimum Gasteiger partial charge on any atom is -0.451 e. The highest BCUT2D eigenvalue weighted by Gasteiger charge is 2.34. The lowest BCUT2D eigenvalue weighted by Crippen LogP contribution is -2.44. The lowest BCUT2D eigenvalue weighted by Gasteiger charge is -2.29. The molecule has 0 aromatic heterocycles. The molecule has 0 saturated carbocycles. The van der Waals surface area contributed by atoms with Crippen LogP contribution in [0.15, 0.2) is 34.2 Å². The van der Waals surface area contributed by atoms with Crippen LogP contribution in [0, 0.1) is 5.92 Å². The molecule has 0 aliphatic carbocycles. The third kappa shape index (κ3) is 4.60. The molecule has 2 heterocycles. The molecule has 0 radical (unpaired) electrons. The van der Waals surface area contributed by atoms with Gasteiger partial charge in [0.25, 0.3) is 15.9 Å². The number of amidine groups is 1. The molecule has 3 rings (SSSR count). The average Bonchev–Trinajstić information content (AvgIpc) is 2.96. The number of likely N-dealkylation sites (tertiary alicyclic amines) is 1. The van der Waals surface area contributed by atoms with Gasteiger partial charge < -0.3 is 9.64 Å². The van der Waals surface area contributed by atoms with Gasteiger partial charge in [-0.2, -0.15) is 0 Å². The van der Waals surface area contributed by atoms with Crippen molar-refractivity contribution >= 4 is 27.7 Å². The van der Waals surface area contributed by atoms with Crippen LogP contribution in [0.25, 0.3) is 0 Å². The zero-order valence-corrected chi connectivity index (χ0v) is 17.7. The first kappa shape index (κ1) is 21.3. The van der Waals surface area contributed by atoms with Crippen LogP contribution in [0.2, 0.25) is 0 Å². The van der Waals surface area contributed by atoms with Crippen molar-refractivity contribution in [1.29, 1.82) is 0 Å². The fourth-order valence-corrected chi connectivity index (χ4v) is 4.75. The number of aliphatic imine (C=N–C) groups is 1. The van der Waals surface area contributed by atoms with Crippen molar-refractivity contribution < 1.29 is 22.7 Å². The molecule has 0 bridgehead atoms. The van der Waals surface area contributed by atoms with Crippen LogP contribution >= 0.6 is 0 Å². The number of carbonyl (C=O) groups is 2. The predicted molar refractivity (Wildman–Crippen MR) is 108 cm³/mol. The molecule has 158 valence electrons. The molecule has 1 fully saturated rings. The summed E-state index contributed by atoms with van der Waals surface area (Å²) in [6.07, 6.45) is 2.10. The number of piperidine rings is 1. The van der Waals surface area contributed by atoms with Crippen molar-refractivity contribution in [2.45, 2.75) is 57.1 Å². The van der Waals surface area contributed by atoms with Crippen LogP contribution in [-0.4, -0.2) is 56.3 Å². The van der Waals surface area contributed by atoms with E-state index in [9.17, 15) is 18.0 Å². The maximum atomic E-state index is 12.8. The summed E-state index contributed by atoms with van der Waals surface area (Å²) in [6.45, 7) is 6.50. The number of hydrogen-bond acceptors (Lipinski definition) is 6. The molecule has 0 unspecified atom stereocenters. The number of esters is 1. The predicted octanol–water partition coefficient (Wildman–Crippen LogP) is 1.69. The Hall–Kier alpha value is -2.42. The Morgan fingerprint density at radius 3 is 2.41 bits per heavy atom. The number of nitrogens with zero attached hydrogens (tertiary/aromatic N) is 2. The van der Waals surface area contributed by atoms with E-state index >= 15 is 0 Å². The highest BCUT2D eigenvalue weighted by molar-refractivity contribution is 7.90. The molecule has 8 nitrogen and oxygen atoms in total. The number of hydrogen-bond donors (Lipinski definition) is 1. The Morgan fingerprint density at radius 2 is 1.76 bits per heavy atom. The molecule has 1 N–H and O–H groups in total. The second-order valence-electron chi connectivity index (χ2n) is 7.73. The number of fused-ring (bicyclic) bond motifs is 1.